The van der Waals surface area contributed by atoms with E-state index in [0.29, 0.717) is 11.8 Å². The van der Waals surface area contributed by atoms with Crippen LogP contribution in [0.2, 0.25) is 0 Å². The zero-order valence-corrected chi connectivity index (χ0v) is 9.56. The molecule has 16 heavy (non-hydrogen) atoms. The average molecular weight is 208 g/mol. The Morgan fingerprint density at radius 3 is 2.38 bits per heavy atom. The predicted molar refractivity (Wildman–Crippen MR) is 68.9 cm³/mol. The van der Waals surface area contributed by atoms with Crippen molar-refractivity contribution in [1.29, 1.82) is 0 Å². The Hall–Kier alpha value is -1.56. The van der Waals surface area contributed by atoms with Crippen LogP contribution in [-0.4, -0.2) is 0 Å². The second-order valence-corrected chi connectivity index (χ2v) is 4.68. The van der Waals surface area contributed by atoms with Crippen molar-refractivity contribution in [2.24, 2.45) is 11.8 Å². The SMILES string of the molecule is CC1=C(c2ccccc2)C2C=CC=CC1C2. The van der Waals surface area contributed by atoms with Crippen LogP contribution in [0.4, 0.5) is 0 Å². The van der Waals surface area contributed by atoms with Crippen molar-refractivity contribution in [1.82, 2.24) is 0 Å². The van der Waals surface area contributed by atoms with Crippen LogP contribution in [0.5, 0.6) is 0 Å². The second-order valence-electron chi connectivity index (χ2n) is 4.68. The Labute approximate surface area is 97.0 Å². The summed E-state index contributed by atoms with van der Waals surface area (Å²) in [4.78, 5) is 0. The summed E-state index contributed by atoms with van der Waals surface area (Å²) in [6.45, 7) is 2.29. The first-order valence-corrected chi connectivity index (χ1v) is 5.97. The Morgan fingerprint density at radius 1 is 0.938 bits per heavy atom. The molecule has 0 N–H and O–H groups in total. The summed E-state index contributed by atoms with van der Waals surface area (Å²) < 4.78 is 0. The van der Waals surface area contributed by atoms with Crippen molar-refractivity contribution in [2.75, 3.05) is 0 Å². The lowest BCUT2D eigenvalue weighted by Crippen LogP contribution is -1.95. The predicted octanol–water partition coefficient (Wildman–Crippen LogP) is 4.22. The molecule has 0 nitrogen and oxygen atoms in total. The molecule has 1 aromatic rings. The highest BCUT2D eigenvalue weighted by Crippen LogP contribution is 2.44. The molecule has 80 valence electrons. The van der Waals surface area contributed by atoms with E-state index in [1.807, 2.05) is 0 Å². The van der Waals surface area contributed by atoms with Crippen LogP contribution in [0.3, 0.4) is 0 Å². The molecule has 2 aliphatic rings. The van der Waals surface area contributed by atoms with E-state index in [0.717, 1.165) is 0 Å². The maximum atomic E-state index is 2.34. The summed E-state index contributed by atoms with van der Waals surface area (Å²) in [6.07, 6.45) is 10.3. The van der Waals surface area contributed by atoms with Crippen molar-refractivity contribution in [3.8, 4) is 0 Å². The van der Waals surface area contributed by atoms with Gasteiger partial charge < -0.3 is 0 Å². The van der Waals surface area contributed by atoms with E-state index in [9.17, 15) is 0 Å². The van der Waals surface area contributed by atoms with Gasteiger partial charge in [0.1, 0.15) is 0 Å². The van der Waals surface area contributed by atoms with Gasteiger partial charge in [0.15, 0.2) is 0 Å². The Balaban J connectivity index is 2.11. The molecule has 0 heteroatoms. The van der Waals surface area contributed by atoms with Crippen LogP contribution in [-0.2, 0) is 0 Å². The number of rotatable bonds is 1. The van der Waals surface area contributed by atoms with Gasteiger partial charge in [-0.1, -0.05) is 60.2 Å². The summed E-state index contributed by atoms with van der Waals surface area (Å²) in [6, 6.07) is 10.8. The molecule has 2 aliphatic carbocycles. The number of allylic oxidation sites excluding steroid dienone is 6. The lowest BCUT2D eigenvalue weighted by atomic mass is 9.93. The van der Waals surface area contributed by atoms with Gasteiger partial charge in [-0.25, -0.2) is 0 Å². The Bertz CT molecular complexity index is 474. The molecule has 0 saturated heterocycles. The molecular weight excluding hydrogens is 192 g/mol. The fourth-order valence-electron chi connectivity index (χ4n) is 2.91. The molecule has 0 heterocycles. The number of benzene rings is 1. The highest BCUT2D eigenvalue weighted by Gasteiger charge is 2.29. The monoisotopic (exact) mass is 208 g/mol. The highest BCUT2D eigenvalue weighted by atomic mass is 14.3. The largest absolute Gasteiger partial charge is 0.0773 e. The molecule has 1 aromatic carbocycles. The molecule has 0 aliphatic heterocycles. The van der Waals surface area contributed by atoms with Crippen LogP contribution in [0.25, 0.3) is 5.57 Å². The molecule has 0 radical (unpaired) electrons. The molecule has 0 saturated carbocycles. The van der Waals surface area contributed by atoms with Gasteiger partial charge in [-0.15, -0.1) is 0 Å². The van der Waals surface area contributed by atoms with Gasteiger partial charge in [0.25, 0.3) is 0 Å². The van der Waals surface area contributed by atoms with Gasteiger partial charge in [-0.3, -0.25) is 0 Å². The molecule has 2 unspecified atom stereocenters. The van der Waals surface area contributed by atoms with Gasteiger partial charge in [0.05, 0.1) is 0 Å². The number of fused-ring (bicyclic) bond motifs is 2. The van der Waals surface area contributed by atoms with Gasteiger partial charge in [-0.2, -0.15) is 0 Å². The van der Waals surface area contributed by atoms with Gasteiger partial charge in [0.2, 0.25) is 0 Å². The van der Waals surface area contributed by atoms with E-state index in [1.165, 1.54) is 12.0 Å². The lowest BCUT2D eigenvalue weighted by Gasteiger charge is -2.11. The van der Waals surface area contributed by atoms with Crippen LogP contribution in [0.15, 0.2) is 60.2 Å². The van der Waals surface area contributed by atoms with E-state index < -0.39 is 0 Å². The standard InChI is InChI=1S/C16H16/c1-12-14-9-5-6-10-15(11-14)16(12)13-7-3-2-4-8-13/h2-10,14-15H,11H2,1H3. The summed E-state index contributed by atoms with van der Waals surface area (Å²) in [7, 11) is 0. The van der Waals surface area contributed by atoms with Crippen molar-refractivity contribution < 1.29 is 0 Å². The number of hydrogen-bond acceptors (Lipinski definition) is 0. The van der Waals surface area contributed by atoms with Gasteiger partial charge >= 0.3 is 0 Å². The smallest absolute Gasteiger partial charge is 0.00353 e. The average Bonchev–Trinajstić information content (AvgIpc) is 2.51. The molecular formula is C16H16. The van der Waals surface area contributed by atoms with Crippen LogP contribution < -0.4 is 0 Å². The van der Waals surface area contributed by atoms with Crippen LogP contribution >= 0.6 is 0 Å². The normalized spacial score (nSPS) is 27.3. The highest BCUT2D eigenvalue weighted by molar-refractivity contribution is 5.75. The number of hydrogen-bond donors (Lipinski definition) is 0. The van der Waals surface area contributed by atoms with E-state index in [4.69, 9.17) is 0 Å². The first kappa shape index (κ1) is 9.65. The molecule has 0 spiro atoms. The third kappa shape index (κ3) is 1.46. The van der Waals surface area contributed by atoms with Crippen molar-refractivity contribution in [3.63, 3.8) is 0 Å². The quantitative estimate of drug-likeness (QED) is 0.648. The van der Waals surface area contributed by atoms with E-state index in [2.05, 4.69) is 61.6 Å². The van der Waals surface area contributed by atoms with Gasteiger partial charge in [-0.05, 0) is 30.4 Å². The fraction of sp³-hybridized carbons (Fsp3) is 0.250. The molecule has 0 fully saturated rings. The van der Waals surface area contributed by atoms with E-state index in [-0.39, 0.29) is 0 Å². The molecule has 2 atom stereocenters. The topological polar surface area (TPSA) is 0 Å². The van der Waals surface area contributed by atoms with Gasteiger partial charge in [0, 0.05) is 5.92 Å². The van der Waals surface area contributed by atoms with Crippen molar-refractivity contribution in [3.05, 3.63) is 65.8 Å². The first-order valence-electron chi connectivity index (χ1n) is 5.97. The fourth-order valence-corrected chi connectivity index (χ4v) is 2.91. The summed E-state index contributed by atoms with van der Waals surface area (Å²) in [5.41, 5.74) is 4.50. The van der Waals surface area contributed by atoms with E-state index in [1.54, 1.807) is 11.1 Å². The minimum Gasteiger partial charge on any atom is -0.0773 e. The van der Waals surface area contributed by atoms with Crippen molar-refractivity contribution in [2.45, 2.75) is 13.3 Å². The lowest BCUT2D eigenvalue weighted by molar-refractivity contribution is 0.671. The molecule has 2 bridgehead atoms. The summed E-state index contributed by atoms with van der Waals surface area (Å²) in [5, 5.41) is 0. The molecule has 3 rings (SSSR count). The maximum absolute atomic E-state index is 2.34. The van der Waals surface area contributed by atoms with Crippen LogP contribution in [0.1, 0.15) is 18.9 Å². The van der Waals surface area contributed by atoms with Crippen molar-refractivity contribution >= 4 is 5.57 Å². The zero-order chi connectivity index (χ0) is 11.0. The third-order valence-corrected chi connectivity index (χ3v) is 3.74. The third-order valence-electron chi connectivity index (χ3n) is 3.74. The van der Waals surface area contributed by atoms with Crippen LogP contribution in [0, 0.1) is 11.8 Å². The molecule has 0 aromatic heterocycles. The second kappa shape index (κ2) is 3.79. The Kier molecular flexibility index (Phi) is 2.28. The minimum absolute atomic E-state index is 0.613. The zero-order valence-electron chi connectivity index (χ0n) is 9.56. The Morgan fingerprint density at radius 2 is 1.62 bits per heavy atom. The minimum atomic E-state index is 0.613. The summed E-state index contributed by atoms with van der Waals surface area (Å²) >= 11 is 0. The van der Waals surface area contributed by atoms with E-state index >= 15 is 0 Å². The first-order chi connectivity index (χ1) is 7.86. The summed E-state index contributed by atoms with van der Waals surface area (Å²) in [5.74, 6) is 1.26. The maximum Gasteiger partial charge on any atom is 0.00353 e. The molecule has 0 amide bonds.